The summed E-state index contributed by atoms with van der Waals surface area (Å²) in [7, 11) is -4.09. The minimum Gasteiger partial charge on any atom is -0.309 e. The van der Waals surface area contributed by atoms with Gasteiger partial charge in [-0.25, -0.2) is 13.4 Å². The van der Waals surface area contributed by atoms with E-state index >= 15 is 0 Å². The molecule has 8 nitrogen and oxygen atoms in total. The number of halogens is 3. The van der Waals surface area contributed by atoms with Gasteiger partial charge in [-0.05, 0) is 36.4 Å². The summed E-state index contributed by atoms with van der Waals surface area (Å²) in [6.07, 6.45) is -1.34. The van der Waals surface area contributed by atoms with Crippen LogP contribution in [0.4, 0.5) is 19.0 Å². The molecule has 1 amide bonds. The molecule has 31 heavy (non-hydrogen) atoms. The van der Waals surface area contributed by atoms with E-state index in [1.54, 1.807) is 18.2 Å². The maximum Gasteiger partial charge on any atom is 0.416 e. The molecule has 2 aromatic rings. The lowest BCUT2D eigenvalue weighted by molar-refractivity contribution is -0.137. The molecule has 166 valence electrons. The molecule has 0 saturated heterocycles. The van der Waals surface area contributed by atoms with Gasteiger partial charge in [0.25, 0.3) is 5.91 Å². The average molecular weight is 456 g/mol. The molecule has 1 aliphatic heterocycles. The third-order valence-electron chi connectivity index (χ3n) is 4.31. The highest BCUT2D eigenvalue weighted by atomic mass is 32.2. The first kappa shape index (κ1) is 22.7. The van der Waals surface area contributed by atoms with Crippen LogP contribution in [0.3, 0.4) is 0 Å². The third kappa shape index (κ3) is 6.03. The number of sulfonamides is 1. The van der Waals surface area contributed by atoms with Crippen LogP contribution in [0, 0.1) is 0 Å². The van der Waals surface area contributed by atoms with Crippen molar-refractivity contribution in [2.24, 2.45) is 0 Å². The Morgan fingerprint density at radius 2 is 2.00 bits per heavy atom. The van der Waals surface area contributed by atoms with Crippen LogP contribution in [-0.4, -0.2) is 43.3 Å². The molecule has 0 atom stereocenters. The molecule has 2 heterocycles. The SMILES string of the molecule is O=C(CONC1=CCN(S(=O)(=O)c2cccc(C(F)(F)F)c2)CC1)Nc1ccccn1. The molecular weight excluding hydrogens is 437 g/mol. The van der Waals surface area contributed by atoms with E-state index in [9.17, 15) is 26.4 Å². The Morgan fingerprint density at radius 3 is 2.65 bits per heavy atom. The Morgan fingerprint density at radius 1 is 1.19 bits per heavy atom. The smallest absolute Gasteiger partial charge is 0.309 e. The number of benzene rings is 1. The lowest BCUT2D eigenvalue weighted by atomic mass is 10.2. The first-order chi connectivity index (χ1) is 14.7. The van der Waals surface area contributed by atoms with Gasteiger partial charge in [-0.1, -0.05) is 12.1 Å². The van der Waals surface area contributed by atoms with Crippen molar-refractivity contribution in [3.63, 3.8) is 0 Å². The molecule has 2 N–H and O–H groups in total. The van der Waals surface area contributed by atoms with E-state index in [0.717, 1.165) is 22.5 Å². The summed E-state index contributed by atoms with van der Waals surface area (Å²) in [6, 6.07) is 8.67. The molecular formula is C19H19F3N4O4S. The average Bonchev–Trinajstić information content (AvgIpc) is 2.74. The molecule has 1 aromatic carbocycles. The summed E-state index contributed by atoms with van der Waals surface area (Å²) in [5, 5.41) is 2.54. The second-order valence-corrected chi connectivity index (χ2v) is 8.46. The highest BCUT2D eigenvalue weighted by molar-refractivity contribution is 7.89. The zero-order valence-electron chi connectivity index (χ0n) is 16.1. The van der Waals surface area contributed by atoms with Crippen molar-refractivity contribution in [2.45, 2.75) is 17.5 Å². The molecule has 1 aliphatic rings. The molecule has 0 unspecified atom stereocenters. The number of amides is 1. The van der Waals surface area contributed by atoms with Crippen molar-refractivity contribution < 1.29 is 31.2 Å². The standard InChI is InChI=1S/C19H19F3N4O4S/c20-19(21,22)14-4-3-5-16(12-14)31(28,29)26-10-7-15(8-11-26)25-30-13-18(27)24-17-6-1-2-9-23-17/h1-7,9,12,25H,8,10-11,13H2,(H,23,24,27). The van der Waals surface area contributed by atoms with Crippen molar-refractivity contribution in [3.8, 4) is 0 Å². The number of carbonyl (C=O) groups is 1. The Hall–Kier alpha value is -2.96. The van der Waals surface area contributed by atoms with Gasteiger partial charge in [0.15, 0.2) is 6.61 Å². The van der Waals surface area contributed by atoms with Gasteiger partial charge in [0.1, 0.15) is 5.82 Å². The zero-order chi connectivity index (χ0) is 22.5. The number of aromatic nitrogens is 1. The van der Waals surface area contributed by atoms with Crippen molar-refractivity contribution in [3.05, 3.63) is 66.0 Å². The van der Waals surface area contributed by atoms with Crippen molar-refractivity contribution in [1.29, 1.82) is 0 Å². The number of pyridine rings is 1. The first-order valence-electron chi connectivity index (χ1n) is 9.11. The van der Waals surface area contributed by atoms with E-state index in [4.69, 9.17) is 4.84 Å². The van der Waals surface area contributed by atoms with Gasteiger partial charge in [-0.15, -0.1) is 0 Å². The predicted molar refractivity (Wildman–Crippen MR) is 105 cm³/mol. The molecule has 12 heteroatoms. The van der Waals surface area contributed by atoms with E-state index in [0.29, 0.717) is 17.6 Å². The van der Waals surface area contributed by atoms with Crippen LogP contribution in [0.25, 0.3) is 0 Å². The highest BCUT2D eigenvalue weighted by Crippen LogP contribution is 2.31. The highest BCUT2D eigenvalue weighted by Gasteiger charge is 2.33. The summed E-state index contributed by atoms with van der Waals surface area (Å²) in [5.41, 5.74) is 2.12. The maximum atomic E-state index is 12.9. The van der Waals surface area contributed by atoms with E-state index in [1.165, 1.54) is 12.3 Å². The van der Waals surface area contributed by atoms with Crippen LogP contribution in [0.5, 0.6) is 0 Å². The lowest BCUT2D eigenvalue weighted by Crippen LogP contribution is -2.37. The zero-order valence-corrected chi connectivity index (χ0v) is 16.9. The minimum atomic E-state index is -4.63. The van der Waals surface area contributed by atoms with Gasteiger partial charge in [-0.3, -0.25) is 15.1 Å². The topological polar surface area (TPSA) is 101 Å². The van der Waals surface area contributed by atoms with E-state index in [2.05, 4.69) is 15.8 Å². The number of rotatable bonds is 7. The second kappa shape index (κ2) is 9.45. The number of hydrogen-bond acceptors (Lipinski definition) is 6. The van der Waals surface area contributed by atoms with Crippen molar-refractivity contribution >= 4 is 21.7 Å². The largest absolute Gasteiger partial charge is 0.416 e. The maximum absolute atomic E-state index is 12.9. The van der Waals surface area contributed by atoms with Gasteiger partial charge in [0.2, 0.25) is 10.0 Å². The van der Waals surface area contributed by atoms with Crippen LogP contribution in [0.2, 0.25) is 0 Å². The molecule has 1 aromatic heterocycles. The summed E-state index contributed by atoms with van der Waals surface area (Å²) in [4.78, 5) is 20.4. The second-order valence-electron chi connectivity index (χ2n) is 6.52. The normalized spacial score (nSPS) is 15.3. The van der Waals surface area contributed by atoms with Crippen LogP contribution >= 0.6 is 0 Å². The Bertz CT molecular complexity index is 1060. The summed E-state index contributed by atoms with van der Waals surface area (Å²) >= 11 is 0. The van der Waals surface area contributed by atoms with Crippen LogP contribution < -0.4 is 10.8 Å². The number of nitrogens with one attached hydrogen (secondary N) is 2. The van der Waals surface area contributed by atoms with E-state index in [-0.39, 0.29) is 26.1 Å². The monoisotopic (exact) mass is 456 g/mol. The van der Waals surface area contributed by atoms with Gasteiger partial charge in [-0.2, -0.15) is 17.5 Å². The number of nitrogens with zero attached hydrogens (tertiary/aromatic N) is 2. The summed E-state index contributed by atoms with van der Waals surface area (Å²) < 4.78 is 65.0. The van der Waals surface area contributed by atoms with Gasteiger partial charge >= 0.3 is 6.18 Å². The Balaban J connectivity index is 1.53. The van der Waals surface area contributed by atoms with Crippen molar-refractivity contribution in [1.82, 2.24) is 14.8 Å². The fraction of sp³-hybridized carbons (Fsp3) is 0.263. The number of carbonyl (C=O) groups excluding carboxylic acids is 1. The Kier molecular flexibility index (Phi) is 6.93. The molecule has 0 aliphatic carbocycles. The van der Waals surface area contributed by atoms with Crippen LogP contribution in [0.15, 0.2) is 65.3 Å². The van der Waals surface area contributed by atoms with Crippen LogP contribution in [0.1, 0.15) is 12.0 Å². The summed E-state index contributed by atoms with van der Waals surface area (Å²) in [5.74, 6) is -0.0558. The number of anilines is 1. The molecule has 0 radical (unpaired) electrons. The molecule has 3 rings (SSSR count). The van der Waals surface area contributed by atoms with E-state index < -0.39 is 32.6 Å². The lowest BCUT2D eigenvalue weighted by Gasteiger charge is -2.26. The van der Waals surface area contributed by atoms with Gasteiger partial charge < -0.3 is 5.32 Å². The molecule has 0 fully saturated rings. The number of alkyl halides is 3. The Labute approximate surface area is 176 Å². The molecule has 0 saturated carbocycles. The summed E-state index contributed by atoms with van der Waals surface area (Å²) in [6.45, 7) is -0.314. The molecule has 0 bridgehead atoms. The van der Waals surface area contributed by atoms with Gasteiger partial charge in [0, 0.05) is 31.4 Å². The fourth-order valence-electron chi connectivity index (χ4n) is 2.75. The quantitative estimate of drug-likeness (QED) is 0.621. The first-order valence-corrected chi connectivity index (χ1v) is 10.6. The number of hydroxylamine groups is 1. The van der Waals surface area contributed by atoms with Crippen LogP contribution in [-0.2, 0) is 25.8 Å². The molecule has 0 spiro atoms. The fourth-order valence-corrected chi connectivity index (χ4v) is 4.18. The van der Waals surface area contributed by atoms with E-state index in [1.807, 2.05) is 0 Å². The number of hydrogen-bond donors (Lipinski definition) is 2. The third-order valence-corrected chi connectivity index (χ3v) is 6.17. The minimum absolute atomic E-state index is 0.0426. The van der Waals surface area contributed by atoms with Crippen molar-refractivity contribution in [2.75, 3.05) is 25.0 Å². The predicted octanol–water partition coefficient (Wildman–Crippen LogP) is 2.54. The van der Waals surface area contributed by atoms with Gasteiger partial charge in [0.05, 0.1) is 10.5 Å².